The van der Waals surface area contributed by atoms with Gasteiger partial charge in [-0.3, -0.25) is 0 Å². The van der Waals surface area contributed by atoms with Gasteiger partial charge in [0.1, 0.15) is 0 Å². The van der Waals surface area contributed by atoms with Gasteiger partial charge in [-0.25, -0.2) is 0 Å². The van der Waals surface area contributed by atoms with Crippen LogP contribution in [0.3, 0.4) is 0 Å². The van der Waals surface area contributed by atoms with Gasteiger partial charge in [0, 0.05) is 10.1 Å². The molecule has 1 aromatic carbocycles. The predicted molar refractivity (Wildman–Crippen MR) is 70.3 cm³/mol. The molecule has 1 heteroatoms. The summed E-state index contributed by atoms with van der Waals surface area (Å²) in [5.41, 5.74) is 1.37. The molecule has 15 heavy (non-hydrogen) atoms. The molecule has 0 nitrogen and oxygen atoms in total. The van der Waals surface area contributed by atoms with E-state index in [0.29, 0.717) is 5.25 Å². The van der Waals surface area contributed by atoms with Crippen LogP contribution in [0.5, 0.6) is 0 Å². The van der Waals surface area contributed by atoms with Crippen molar-refractivity contribution in [3.05, 3.63) is 54.6 Å². The molecule has 0 aliphatic carbocycles. The van der Waals surface area contributed by atoms with Crippen molar-refractivity contribution in [2.24, 2.45) is 0 Å². The molecular weight excluding hydrogens is 200 g/mol. The van der Waals surface area contributed by atoms with Crippen LogP contribution >= 0.6 is 11.8 Å². The number of allylic oxidation sites excluding steroid dienone is 2. The molecule has 1 aromatic rings. The number of hydrogen-bond donors (Lipinski definition) is 0. The van der Waals surface area contributed by atoms with Gasteiger partial charge in [-0.2, -0.15) is 0 Å². The first kappa shape index (κ1) is 12.1. The number of thioether (sulfide) groups is 1. The number of hydrogen-bond acceptors (Lipinski definition) is 1. The van der Waals surface area contributed by atoms with E-state index in [1.54, 1.807) is 0 Å². The third-order valence-electron chi connectivity index (χ3n) is 1.95. The monoisotopic (exact) mass is 218 g/mol. The summed E-state index contributed by atoms with van der Waals surface area (Å²) in [6.07, 6.45) is 5.31. The molecule has 0 fully saturated rings. The van der Waals surface area contributed by atoms with Crippen LogP contribution in [-0.2, 0) is 0 Å². The van der Waals surface area contributed by atoms with Crippen molar-refractivity contribution in [3.8, 4) is 0 Å². The van der Waals surface area contributed by atoms with Gasteiger partial charge < -0.3 is 0 Å². The molecule has 0 heterocycles. The Balaban J connectivity index is 2.67. The lowest BCUT2D eigenvalue weighted by molar-refractivity contribution is 1.05. The van der Waals surface area contributed by atoms with Crippen LogP contribution in [-0.4, -0.2) is 5.25 Å². The second-order valence-corrected chi connectivity index (χ2v) is 5.05. The van der Waals surface area contributed by atoms with Gasteiger partial charge in [-0.05, 0) is 32.4 Å². The highest BCUT2D eigenvalue weighted by atomic mass is 32.2. The topological polar surface area (TPSA) is 0 Å². The zero-order valence-electron chi connectivity index (χ0n) is 9.44. The molecule has 0 amide bonds. The fourth-order valence-electron chi connectivity index (χ4n) is 1.36. The molecule has 1 unspecified atom stereocenters. The van der Waals surface area contributed by atoms with Crippen molar-refractivity contribution < 1.29 is 0 Å². The van der Waals surface area contributed by atoms with Crippen LogP contribution in [0, 0.1) is 0 Å². The van der Waals surface area contributed by atoms with Crippen LogP contribution in [0.1, 0.15) is 20.3 Å². The standard InChI is InChI=1S/C14H18S/c1-4-8-14(11-12(2)3)15-13-9-6-5-7-10-13/h4-7,9-11,14H,1,8H2,2-3H3. The summed E-state index contributed by atoms with van der Waals surface area (Å²) in [5.74, 6) is 0. The molecule has 0 N–H and O–H groups in total. The largest absolute Gasteiger partial charge is 0.118 e. The highest BCUT2D eigenvalue weighted by molar-refractivity contribution is 8.00. The smallest absolute Gasteiger partial charge is 0.0311 e. The first-order valence-corrected chi connectivity index (χ1v) is 6.08. The van der Waals surface area contributed by atoms with Crippen molar-refractivity contribution >= 4 is 11.8 Å². The molecule has 0 radical (unpaired) electrons. The van der Waals surface area contributed by atoms with E-state index in [-0.39, 0.29) is 0 Å². The highest BCUT2D eigenvalue weighted by Gasteiger charge is 2.04. The lowest BCUT2D eigenvalue weighted by Gasteiger charge is -2.10. The Labute approximate surface area is 97.1 Å². The van der Waals surface area contributed by atoms with Gasteiger partial charge in [0.05, 0.1) is 0 Å². The van der Waals surface area contributed by atoms with Crippen LogP contribution in [0.15, 0.2) is 59.5 Å². The minimum atomic E-state index is 0.509. The molecule has 80 valence electrons. The van der Waals surface area contributed by atoms with E-state index in [1.165, 1.54) is 10.5 Å². The summed E-state index contributed by atoms with van der Waals surface area (Å²) in [5, 5.41) is 0.509. The lowest BCUT2D eigenvalue weighted by Crippen LogP contribution is -1.96. The minimum Gasteiger partial charge on any atom is -0.118 e. The van der Waals surface area contributed by atoms with Gasteiger partial charge in [-0.1, -0.05) is 35.9 Å². The normalized spacial score (nSPS) is 11.9. The van der Waals surface area contributed by atoms with E-state index >= 15 is 0 Å². The zero-order chi connectivity index (χ0) is 11.1. The fourth-order valence-corrected chi connectivity index (χ4v) is 2.60. The summed E-state index contributed by atoms with van der Waals surface area (Å²) in [7, 11) is 0. The van der Waals surface area contributed by atoms with Gasteiger partial charge in [-0.15, -0.1) is 18.3 Å². The van der Waals surface area contributed by atoms with E-state index in [2.05, 4.69) is 50.8 Å². The quantitative estimate of drug-likeness (QED) is 0.510. The Kier molecular flexibility index (Phi) is 5.27. The van der Waals surface area contributed by atoms with Crippen molar-refractivity contribution in [3.63, 3.8) is 0 Å². The molecule has 1 atom stereocenters. The summed E-state index contributed by atoms with van der Waals surface area (Å²) in [6, 6.07) is 10.5. The molecule has 0 spiro atoms. The molecule has 0 saturated carbocycles. The van der Waals surface area contributed by atoms with Crippen molar-refractivity contribution in [2.45, 2.75) is 30.4 Å². The second-order valence-electron chi connectivity index (χ2n) is 3.74. The van der Waals surface area contributed by atoms with Crippen molar-refractivity contribution in [1.82, 2.24) is 0 Å². The average molecular weight is 218 g/mol. The number of rotatable bonds is 5. The Bertz CT molecular complexity index is 320. The van der Waals surface area contributed by atoms with Crippen LogP contribution in [0.2, 0.25) is 0 Å². The van der Waals surface area contributed by atoms with E-state index in [1.807, 2.05) is 23.9 Å². The Morgan fingerprint density at radius 2 is 2.00 bits per heavy atom. The lowest BCUT2D eigenvalue weighted by atomic mass is 10.2. The second kappa shape index (κ2) is 6.52. The third-order valence-corrected chi connectivity index (χ3v) is 3.12. The summed E-state index contributed by atoms with van der Waals surface area (Å²) in [4.78, 5) is 1.32. The van der Waals surface area contributed by atoms with Crippen molar-refractivity contribution in [2.75, 3.05) is 0 Å². The SMILES string of the molecule is C=CCC(C=C(C)C)Sc1ccccc1. The summed E-state index contributed by atoms with van der Waals surface area (Å²) >= 11 is 1.89. The molecule has 0 bridgehead atoms. The van der Waals surface area contributed by atoms with Gasteiger partial charge in [0.15, 0.2) is 0 Å². The maximum atomic E-state index is 3.81. The van der Waals surface area contributed by atoms with Gasteiger partial charge in [0.25, 0.3) is 0 Å². The molecular formula is C14H18S. The molecule has 0 saturated heterocycles. The Hall–Kier alpha value is -0.950. The fraction of sp³-hybridized carbons (Fsp3) is 0.286. The van der Waals surface area contributed by atoms with Gasteiger partial charge >= 0.3 is 0 Å². The van der Waals surface area contributed by atoms with E-state index < -0.39 is 0 Å². The number of benzene rings is 1. The van der Waals surface area contributed by atoms with Crippen LogP contribution in [0.25, 0.3) is 0 Å². The average Bonchev–Trinajstić information content (AvgIpc) is 2.18. The predicted octanol–water partition coefficient (Wildman–Crippen LogP) is 4.69. The zero-order valence-corrected chi connectivity index (χ0v) is 10.3. The highest BCUT2D eigenvalue weighted by Crippen LogP contribution is 2.26. The molecule has 1 rings (SSSR count). The van der Waals surface area contributed by atoms with Crippen LogP contribution in [0.4, 0.5) is 0 Å². The third kappa shape index (κ3) is 4.89. The molecule has 0 aromatic heterocycles. The maximum Gasteiger partial charge on any atom is 0.0311 e. The van der Waals surface area contributed by atoms with E-state index in [0.717, 1.165) is 6.42 Å². The van der Waals surface area contributed by atoms with Crippen LogP contribution < -0.4 is 0 Å². The Morgan fingerprint density at radius 3 is 2.53 bits per heavy atom. The first-order valence-electron chi connectivity index (χ1n) is 5.20. The van der Waals surface area contributed by atoms with E-state index in [4.69, 9.17) is 0 Å². The molecule has 0 aliphatic rings. The van der Waals surface area contributed by atoms with E-state index in [9.17, 15) is 0 Å². The minimum absolute atomic E-state index is 0.509. The summed E-state index contributed by atoms with van der Waals surface area (Å²) < 4.78 is 0. The maximum absolute atomic E-state index is 3.81. The first-order chi connectivity index (χ1) is 7.22. The summed E-state index contributed by atoms with van der Waals surface area (Å²) in [6.45, 7) is 8.09. The Morgan fingerprint density at radius 1 is 1.33 bits per heavy atom. The van der Waals surface area contributed by atoms with Gasteiger partial charge in [0.2, 0.25) is 0 Å². The van der Waals surface area contributed by atoms with Crippen molar-refractivity contribution in [1.29, 1.82) is 0 Å². The molecule has 0 aliphatic heterocycles.